The third kappa shape index (κ3) is 4.22. The van der Waals surface area contributed by atoms with Gasteiger partial charge in [0.05, 0.1) is 17.9 Å². The maximum Gasteiger partial charge on any atom is 0.241 e. The van der Waals surface area contributed by atoms with Gasteiger partial charge in [0.25, 0.3) is 0 Å². The molecule has 0 aliphatic carbocycles. The molecule has 5 nitrogen and oxygen atoms in total. The third-order valence-electron chi connectivity index (χ3n) is 5.02. The molecule has 0 saturated carbocycles. The Balaban J connectivity index is 1.73. The first kappa shape index (κ1) is 18.4. The zero-order valence-corrected chi connectivity index (χ0v) is 15.5. The van der Waals surface area contributed by atoms with Crippen molar-refractivity contribution in [2.75, 3.05) is 11.9 Å². The van der Waals surface area contributed by atoms with Gasteiger partial charge in [-0.15, -0.1) is 0 Å². The van der Waals surface area contributed by atoms with Crippen LogP contribution in [0.2, 0.25) is 0 Å². The molecule has 3 rings (SSSR count). The van der Waals surface area contributed by atoms with Crippen LogP contribution >= 0.6 is 0 Å². The van der Waals surface area contributed by atoms with Gasteiger partial charge in [-0.05, 0) is 56.5 Å². The summed E-state index contributed by atoms with van der Waals surface area (Å²) in [4.78, 5) is 19.4. The van der Waals surface area contributed by atoms with Gasteiger partial charge in [-0.1, -0.05) is 26.0 Å². The molecule has 1 fully saturated rings. The number of hydrogen-bond acceptors (Lipinski definition) is 4. The molecule has 0 bridgehead atoms. The molecule has 138 valence electrons. The van der Waals surface area contributed by atoms with E-state index in [1.165, 1.54) is 0 Å². The predicted octanol–water partition coefficient (Wildman–Crippen LogP) is 4.47. The summed E-state index contributed by atoms with van der Waals surface area (Å²) in [6.45, 7) is 5.38. The van der Waals surface area contributed by atoms with Crippen LogP contribution in [-0.4, -0.2) is 34.4 Å². The molecule has 1 aliphatic rings. The largest absolute Gasteiger partial charge is 0.454 e. The van der Waals surface area contributed by atoms with E-state index in [4.69, 9.17) is 4.74 Å². The summed E-state index contributed by atoms with van der Waals surface area (Å²) >= 11 is 0. The lowest BCUT2D eigenvalue weighted by atomic mass is 10.1. The normalized spacial score (nSPS) is 17.4. The Kier molecular flexibility index (Phi) is 6.23. The van der Waals surface area contributed by atoms with E-state index in [0.29, 0.717) is 23.2 Å². The van der Waals surface area contributed by atoms with E-state index in [9.17, 15) is 4.79 Å². The lowest BCUT2D eigenvalue weighted by molar-refractivity contribution is -0.121. The van der Waals surface area contributed by atoms with Crippen molar-refractivity contribution in [3.8, 4) is 11.5 Å². The molecule has 1 saturated heterocycles. The fourth-order valence-corrected chi connectivity index (χ4v) is 3.67. The Labute approximate surface area is 155 Å². The summed E-state index contributed by atoms with van der Waals surface area (Å²) in [5.41, 5.74) is 0.692. The first-order chi connectivity index (χ1) is 12.7. The van der Waals surface area contributed by atoms with Crippen LogP contribution in [0.15, 0.2) is 48.8 Å². The standard InChI is InChI=1S/C21H27N3O2/c1-3-16(4-2)24-14-8-11-19(24)21(25)23-18-10-5-6-12-20(18)26-17-9-7-13-22-15-17/h5-7,9-10,12-13,15-16,19H,3-4,8,11,14H2,1-2H3,(H,23,25). The number of hydrogen-bond donors (Lipinski definition) is 1. The minimum absolute atomic E-state index is 0.0524. The summed E-state index contributed by atoms with van der Waals surface area (Å²) in [5.74, 6) is 1.33. The quantitative estimate of drug-likeness (QED) is 0.798. The van der Waals surface area contributed by atoms with Gasteiger partial charge in [0.15, 0.2) is 5.75 Å². The van der Waals surface area contributed by atoms with Crippen LogP contribution in [0.25, 0.3) is 0 Å². The Morgan fingerprint density at radius 1 is 1.27 bits per heavy atom. The van der Waals surface area contributed by atoms with Crippen molar-refractivity contribution < 1.29 is 9.53 Å². The third-order valence-corrected chi connectivity index (χ3v) is 5.02. The van der Waals surface area contributed by atoms with Gasteiger partial charge in [0.1, 0.15) is 5.75 Å². The second kappa shape index (κ2) is 8.81. The molecule has 0 radical (unpaired) electrons. The van der Waals surface area contributed by atoms with Crippen LogP contribution in [0.1, 0.15) is 39.5 Å². The topological polar surface area (TPSA) is 54.5 Å². The van der Waals surface area contributed by atoms with E-state index in [1.54, 1.807) is 12.4 Å². The molecule has 26 heavy (non-hydrogen) atoms. The number of ether oxygens (including phenoxy) is 1. The molecule has 0 spiro atoms. The van der Waals surface area contributed by atoms with Crippen LogP contribution in [0.4, 0.5) is 5.69 Å². The Bertz CT molecular complexity index is 716. The molecule has 2 aromatic rings. The summed E-state index contributed by atoms with van der Waals surface area (Å²) in [6.07, 6.45) is 7.48. The zero-order chi connectivity index (χ0) is 18.4. The molecular weight excluding hydrogens is 326 g/mol. The van der Waals surface area contributed by atoms with Crippen LogP contribution in [-0.2, 0) is 4.79 Å². The number of carbonyl (C=O) groups is 1. The number of carbonyl (C=O) groups excluding carboxylic acids is 1. The van der Waals surface area contributed by atoms with Crippen molar-refractivity contribution in [1.82, 2.24) is 9.88 Å². The highest BCUT2D eigenvalue weighted by molar-refractivity contribution is 5.96. The number of amides is 1. The molecule has 1 aliphatic heterocycles. The molecule has 1 aromatic heterocycles. The molecule has 1 amide bonds. The fraction of sp³-hybridized carbons (Fsp3) is 0.429. The van der Waals surface area contributed by atoms with Crippen molar-refractivity contribution in [1.29, 1.82) is 0 Å². The van der Waals surface area contributed by atoms with Crippen molar-refractivity contribution in [3.05, 3.63) is 48.8 Å². The number of para-hydroxylation sites is 2. The molecule has 1 aromatic carbocycles. The Morgan fingerprint density at radius 3 is 2.81 bits per heavy atom. The average Bonchev–Trinajstić information content (AvgIpc) is 3.15. The summed E-state index contributed by atoms with van der Waals surface area (Å²) < 4.78 is 5.90. The van der Waals surface area contributed by atoms with Gasteiger partial charge in [0, 0.05) is 12.2 Å². The van der Waals surface area contributed by atoms with Crippen LogP contribution in [0.5, 0.6) is 11.5 Å². The van der Waals surface area contributed by atoms with Crippen molar-refractivity contribution in [2.24, 2.45) is 0 Å². The van der Waals surface area contributed by atoms with Crippen molar-refractivity contribution in [2.45, 2.75) is 51.6 Å². The van der Waals surface area contributed by atoms with E-state index in [1.807, 2.05) is 36.4 Å². The second-order valence-corrected chi connectivity index (χ2v) is 6.64. The van der Waals surface area contributed by atoms with Gasteiger partial charge in [-0.3, -0.25) is 14.7 Å². The predicted molar refractivity (Wildman–Crippen MR) is 103 cm³/mol. The molecule has 1 N–H and O–H groups in total. The number of nitrogens with zero attached hydrogens (tertiary/aromatic N) is 2. The van der Waals surface area contributed by atoms with Gasteiger partial charge in [-0.25, -0.2) is 0 Å². The number of anilines is 1. The highest BCUT2D eigenvalue weighted by Crippen LogP contribution is 2.30. The summed E-state index contributed by atoms with van der Waals surface area (Å²) in [7, 11) is 0. The van der Waals surface area contributed by atoms with Gasteiger partial charge in [-0.2, -0.15) is 0 Å². The number of pyridine rings is 1. The van der Waals surface area contributed by atoms with E-state index < -0.39 is 0 Å². The van der Waals surface area contributed by atoms with Crippen LogP contribution in [0.3, 0.4) is 0 Å². The van der Waals surface area contributed by atoms with Crippen molar-refractivity contribution in [3.63, 3.8) is 0 Å². The Morgan fingerprint density at radius 2 is 2.08 bits per heavy atom. The molecule has 1 atom stereocenters. The zero-order valence-electron chi connectivity index (χ0n) is 15.5. The van der Waals surface area contributed by atoms with Gasteiger partial charge in [0.2, 0.25) is 5.91 Å². The van der Waals surface area contributed by atoms with Gasteiger partial charge < -0.3 is 10.1 Å². The minimum Gasteiger partial charge on any atom is -0.454 e. The monoisotopic (exact) mass is 353 g/mol. The van der Waals surface area contributed by atoms with Gasteiger partial charge >= 0.3 is 0 Å². The SMILES string of the molecule is CCC(CC)N1CCCC1C(=O)Nc1ccccc1Oc1cccnc1. The highest BCUT2D eigenvalue weighted by atomic mass is 16.5. The maximum atomic E-state index is 12.9. The summed E-state index contributed by atoms with van der Waals surface area (Å²) in [5, 5.41) is 3.08. The number of likely N-dealkylation sites (tertiary alicyclic amines) is 1. The number of nitrogens with one attached hydrogen (secondary N) is 1. The molecular formula is C21H27N3O2. The van der Waals surface area contributed by atoms with E-state index in [2.05, 4.69) is 29.0 Å². The lowest BCUT2D eigenvalue weighted by Crippen LogP contribution is -2.45. The van der Waals surface area contributed by atoms with Crippen LogP contribution < -0.4 is 10.1 Å². The first-order valence-electron chi connectivity index (χ1n) is 9.46. The first-order valence-corrected chi connectivity index (χ1v) is 9.46. The minimum atomic E-state index is -0.0636. The maximum absolute atomic E-state index is 12.9. The number of aromatic nitrogens is 1. The number of rotatable bonds is 7. The number of benzene rings is 1. The van der Waals surface area contributed by atoms with Crippen LogP contribution in [0, 0.1) is 0 Å². The van der Waals surface area contributed by atoms with E-state index in [-0.39, 0.29) is 11.9 Å². The highest BCUT2D eigenvalue weighted by Gasteiger charge is 2.34. The molecule has 5 heteroatoms. The smallest absolute Gasteiger partial charge is 0.241 e. The Hall–Kier alpha value is -2.40. The van der Waals surface area contributed by atoms with E-state index in [0.717, 1.165) is 32.2 Å². The average molecular weight is 353 g/mol. The second-order valence-electron chi connectivity index (χ2n) is 6.64. The van der Waals surface area contributed by atoms with E-state index >= 15 is 0 Å². The summed E-state index contributed by atoms with van der Waals surface area (Å²) in [6, 6.07) is 11.6. The molecule has 1 unspecified atom stereocenters. The fourth-order valence-electron chi connectivity index (χ4n) is 3.67. The van der Waals surface area contributed by atoms with Crippen molar-refractivity contribution >= 4 is 11.6 Å². The molecule has 2 heterocycles. The lowest BCUT2D eigenvalue weighted by Gasteiger charge is -2.31.